The average molecular weight is 263 g/mol. The predicted molar refractivity (Wildman–Crippen MR) is 73.7 cm³/mol. The zero-order chi connectivity index (χ0) is 13.3. The maximum atomic E-state index is 9.54. The molecule has 0 aromatic rings. The van der Waals surface area contributed by atoms with Gasteiger partial charge >= 0.3 is 0 Å². The van der Waals surface area contributed by atoms with E-state index in [4.69, 9.17) is 4.74 Å². The normalized spacial score (nSPS) is 37.4. The van der Waals surface area contributed by atoms with Gasteiger partial charge in [-0.15, -0.1) is 0 Å². The third kappa shape index (κ3) is 2.94. The zero-order valence-electron chi connectivity index (χ0n) is 11.9. The van der Waals surface area contributed by atoms with Crippen molar-refractivity contribution in [2.45, 2.75) is 68.7 Å². The first kappa shape index (κ1) is 13.4. The summed E-state index contributed by atoms with van der Waals surface area (Å²) in [4.78, 5) is 2.59. The third-order valence-electron chi connectivity index (χ3n) is 5.09. The van der Waals surface area contributed by atoms with Gasteiger partial charge < -0.3 is 9.64 Å². The molecule has 2 aliphatic carbocycles. The minimum absolute atomic E-state index is 0.232. The molecular formula is C15H25N3O. The highest BCUT2D eigenvalue weighted by atomic mass is 16.5. The number of methoxy groups -OCH3 is 1. The molecule has 0 aromatic heterocycles. The van der Waals surface area contributed by atoms with E-state index in [1.165, 1.54) is 19.3 Å². The van der Waals surface area contributed by atoms with Crippen LogP contribution in [-0.2, 0) is 4.74 Å². The molecule has 0 radical (unpaired) electrons. The molecule has 0 amide bonds. The summed E-state index contributed by atoms with van der Waals surface area (Å²) in [6.45, 7) is 2.27. The van der Waals surface area contributed by atoms with Crippen LogP contribution in [0.5, 0.6) is 0 Å². The second-order valence-electron chi connectivity index (χ2n) is 6.48. The van der Waals surface area contributed by atoms with Crippen molar-refractivity contribution >= 4 is 0 Å². The van der Waals surface area contributed by atoms with Crippen molar-refractivity contribution in [3.8, 4) is 6.07 Å². The van der Waals surface area contributed by atoms with Gasteiger partial charge in [0.2, 0.25) is 0 Å². The summed E-state index contributed by atoms with van der Waals surface area (Å²) in [5.41, 5.74) is -0.232. The molecule has 3 aliphatic rings. The number of piperidine rings is 1. The van der Waals surface area contributed by atoms with Crippen LogP contribution < -0.4 is 5.32 Å². The second kappa shape index (κ2) is 5.40. The SMILES string of the molecule is COC1CCN(C2CCC(C#N)(NC3CC3)C2)CC1. The Bertz CT molecular complexity index is 355. The van der Waals surface area contributed by atoms with Gasteiger partial charge in [-0.3, -0.25) is 5.32 Å². The number of nitrogens with one attached hydrogen (secondary N) is 1. The van der Waals surface area contributed by atoms with Crippen molar-refractivity contribution in [1.29, 1.82) is 5.26 Å². The molecule has 3 fully saturated rings. The van der Waals surface area contributed by atoms with Crippen molar-refractivity contribution in [3.05, 3.63) is 0 Å². The molecule has 0 bridgehead atoms. The molecular weight excluding hydrogens is 238 g/mol. The van der Waals surface area contributed by atoms with Crippen molar-refractivity contribution in [2.24, 2.45) is 0 Å². The number of hydrogen-bond donors (Lipinski definition) is 1. The minimum atomic E-state index is -0.232. The summed E-state index contributed by atoms with van der Waals surface area (Å²) in [6, 6.07) is 3.80. The molecule has 1 N–H and O–H groups in total. The van der Waals surface area contributed by atoms with Gasteiger partial charge in [-0.05, 0) is 44.9 Å². The summed E-state index contributed by atoms with van der Waals surface area (Å²) in [5, 5.41) is 13.1. The first-order valence-electron chi connectivity index (χ1n) is 7.70. The maximum Gasteiger partial charge on any atom is 0.108 e. The van der Waals surface area contributed by atoms with Gasteiger partial charge in [0.15, 0.2) is 0 Å². The van der Waals surface area contributed by atoms with Crippen LogP contribution in [0.15, 0.2) is 0 Å². The topological polar surface area (TPSA) is 48.3 Å². The number of hydrogen-bond acceptors (Lipinski definition) is 4. The fourth-order valence-electron chi connectivity index (χ4n) is 3.69. The first-order valence-corrected chi connectivity index (χ1v) is 7.70. The lowest BCUT2D eigenvalue weighted by Gasteiger charge is -2.36. The zero-order valence-corrected chi connectivity index (χ0v) is 11.9. The average Bonchev–Trinajstić information content (AvgIpc) is 3.16. The van der Waals surface area contributed by atoms with Crippen molar-refractivity contribution in [2.75, 3.05) is 20.2 Å². The van der Waals surface area contributed by atoms with Crippen molar-refractivity contribution in [1.82, 2.24) is 10.2 Å². The Labute approximate surface area is 116 Å². The number of nitrogens with zero attached hydrogens (tertiary/aromatic N) is 2. The highest BCUT2D eigenvalue weighted by molar-refractivity contribution is 5.15. The van der Waals surface area contributed by atoms with Gasteiger partial charge in [0.25, 0.3) is 0 Å². The Morgan fingerprint density at radius 3 is 2.53 bits per heavy atom. The monoisotopic (exact) mass is 263 g/mol. The molecule has 1 aliphatic heterocycles. The van der Waals surface area contributed by atoms with E-state index < -0.39 is 0 Å². The molecule has 3 rings (SSSR count). The summed E-state index contributed by atoms with van der Waals surface area (Å²) >= 11 is 0. The molecule has 19 heavy (non-hydrogen) atoms. The molecule has 2 atom stereocenters. The Balaban J connectivity index is 1.54. The molecule has 0 spiro atoms. The van der Waals surface area contributed by atoms with Crippen molar-refractivity contribution < 1.29 is 4.74 Å². The molecule has 106 valence electrons. The number of nitriles is 1. The minimum Gasteiger partial charge on any atom is -0.381 e. The van der Waals surface area contributed by atoms with Crippen LogP contribution in [-0.4, -0.2) is 48.8 Å². The van der Waals surface area contributed by atoms with Crippen LogP contribution in [0, 0.1) is 11.3 Å². The van der Waals surface area contributed by atoms with E-state index >= 15 is 0 Å². The molecule has 4 nitrogen and oxygen atoms in total. The molecule has 1 saturated heterocycles. The lowest BCUT2D eigenvalue weighted by Crippen LogP contribution is -2.47. The van der Waals surface area contributed by atoms with Gasteiger partial charge in [-0.25, -0.2) is 0 Å². The molecule has 4 heteroatoms. The largest absolute Gasteiger partial charge is 0.381 e. The molecule has 2 saturated carbocycles. The first-order chi connectivity index (χ1) is 9.24. The highest BCUT2D eigenvalue weighted by Gasteiger charge is 2.44. The van der Waals surface area contributed by atoms with E-state index in [0.717, 1.165) is 38.8 Å². The fourth-order valence-corrected chi connectivity index (χ4v) is 3.69. The van der Waals surface area contributed by atoms with Gasteiger partial charge in [0, 0.05) is 32.3 Å². The number of ether oxygens (including phenoxy) is 1. The quantitative estimate of drug-likeness (QED) is 0.838. The number of rotatable bonds is 4. The summed E-state index contributed by atoms with van der Waals surface area (Å²) in [6.07, 6.45) is 8.45. The fraction of sp³-hybridized carbons (Fsp3) is 0.933. The molecule has 0 aromatic carbocycles. The third-order valence-corrected chi connectivity index (χ3v) is 5.09. The maximum absolute atomic E-state index is 9.54. The van der Waals surface area contributed by atoms with Crippen LogP contribution in [0.3, 0.4) is 0 Å². The van der Waals surface area contributed by atoms with Crippen LogP contribution in [0.1, 0.15) is 44.9 Å². The van der Waals surface area contributed by atoms with E-state index in [2.05, 4.69) is 16.3 Å². The van der Waals surface area contributed by atoms with E-state index in [-0.39, 0.29) is 5.54 Å². The Kier molecular flexibility index (Phi) is 3.79. The van der Waals surface area contributed by atoms with E-state index in [0.29, 0.717) is 18.2 Å². The summed E-state index contributed by atoms with van der Waals surface area (Å²) in [7, 11) is 1.82. The second-order valence-corrected chi connectivity index (χ2v) is 6.48. The van der Waals surface area contributed by atoms with Gasteiger partial charge in [0.1, 0.15) is 5.54 Å². The van der Waals surface area contributed by atoms with Crippen molar-refractivity contribution in [3.63, 3.8) is 0 Å². The Morgan fingerprint density at radius 2 is 1.95 bits per heavy atom. The van der Waals surface area contributed by atoms with E-state index in [1.54, 1.807) is 0 Å². The number of likely N-dealkylation sites (tertiary alicyclic amines) is 1. The lowest BCUT2D eigenvalue weighted by molar-refractivity contribution is 0.0274. The van der Waals surface area contributed by atoms with Crippen LogP contribution in [0.2, 0.25) is 0 Å². The summed E-state index contributed by atoms with van der Waals surface area (Å²) in [5.74, 6) is 0. The van der Waals surface area contributed by atoms with Gasteiger partial charge in [-0.1, -0.05) is 0 Å². The van der Waals surface area contributed by atoms with E-state index in [1.807, 2.05) is 7.11 Å². The summed E-state index contributed by atoms with van der Waals surface area (Å²) < 4.78 is 5.43. The smallest absolute Gasteiger partial charge is 0.108 e. The molecule has 2 unspecified atom stereocenters. The van der Waals surface area contributed by atoms with Crippen LogP contribution >= 0.6 is 0 Å². The van der Waals surface area contributed by atoms with Gasteiger partial charge in [-0.2, -0.15) is 5.26 Å². The Morgan fingerprint density at radius 1 is 1.21 bits per heavy atom. The van der Waals surface area contributed by atoms with Crippen LogP contribution in [0.25, 0.3) is 0 Å². The predicted octanol–water partition coefficient (Wildman–Crippen LogP) is 1.66. The standard InChI is InChI=1S/C15H25N3O/c1-19-14-5-8-18(9-6-14)13-4-7-15(10-13,11-16)17-12-2-3-12/h12-14,17H,2-10H2,1H3. The Hall–Kier alpha value is -0.630. The van der Waals surface area contributed by atoms with Gasteiger partial charge in [0.05, 0.1) is 12.2 Å². The highest BCUT2D eigenvalue weighted by Crippen LogP contribution is 2.36. The lowest BCUT2D eigenvalue weighted by atomic mass is 9.98. The molecule has 1 heterocycles. The van der Waals surface area contributed by atoms with E-state index in [9.17, 15) is 5.26 Å². The van der Waals surface area contributed by atoms with Crippen LogP contribution in [0.4, 0.5) is 0 Å².